The SMILES string of the molecule is CC(=O)CC1CCN(C)CC1.CCCC(CCC)C1C/C(=C\C(Br)=C/N)CC=Cc2cc(Cl)ccc21. The zero-order valence-electron chi connectivity index (χ0n) is 22.7. The average molecular weight is 578 g/mol. The van der Waals surface area contributed by atoms with Crippen LogP contribution in [-0.2, 0) is 4.79 Å². The van der Waals surface area contributed by atoms with E-state index in [0.717, 1.165) is 41.9 Å². The van der Waals surface area contributed by atoms with E-state index in [9.17, 15) is 4.79 Å². The summed E-state index contributed by atoms with van der Waals surface area (Å²) in [5, 5.41) is 0.815. The van der Waals surface area contributed by atoms with Crippen LogP contribution in [0.15, 0.2) is 46.6 Å². The summed E-state index contributed by atoms with van der Waals surface area (Å²) in [6.07, 6.45) is 18.5. The van der Waals surface area contributed by atoms with Gasteiger partial charge in [-0.2, -0.15) is 0 Å². The predicted octanol–water partition coefficient (Wildman–Crippen LogP) is 8.88. The molecule has 0 amide bonds. The maximum Gasteiger partial charge on any atom is 0.130 e. The van der Waals surface area contributed by atoms with Gasteiger partial charge in [-0.25, -0.2) is 0 Å². The molecule has 0 radical (unpaired) electrons. The molecule has 1 aromatic carbocycles. The summed E-state index contributed by atoms with van der Waals surface area (Å²) < 4.78 is 0.953. The van der Waals surface area contributed by atoms with Crippen LogP contribution in [0.5, 0.6) is 0 Å². The minimum absolute atomic E-state index is 0.347. The van der Waals surface area contributed by atoms with Crippen molar-refractivity contribution in [3.63, 3.8) is 0 Å². The molecular formula is C31H46BrClN2O. The van der Waals surface area contributed by atoms with Gasteiger partial charge in [-0.1, -0.05) is 74.9 Å². The third-order valence-corrected chi connectivity index (χ3v) is 8.14. The molecule has 3 rings (SSSR count). The molecule has 1 atom stereocenters. The van der Waals surface area contributed by atoms with Crippen LogP contribution in [0.1, 0.15) is 95.6 Å². The maximum absolute atomic E-state index is 10.8. The zero-order chi connectivity index (χ0) is 26.5. The molecule has 1 fully saturated rings. The number of nitrogens with zero attached hydrogens (tertiary/aromatic N) is 1. The Morgan fingerprint density at radius 3 is 2.47 bits per heavy atom. The third kappa shape index (κ3) is 10.6. The number of carbonyl (C=O) groups is 1. The zero-order valence-corrected chi connectivity index (χ0v) is 25.1. The van der Waals surface area contributed by atoms with E-state index in [1.54, 1.807) is 13.1 Å². The fourth-order valence-corrected chi connectivity index (χ4v) is 6.09. The van der Waals surface area contributed by atoms with Gasteiger partial charge in [0.2, 0.25) is 0 Å². The van der Waals surface area contributed by atoms with Crippen LogP contribution in [0.4, 0.5) is 0 Å². The average Bonchev–Trinajstić information content (AvgIpc) is 2.83. The topological polar surface area (TPSA) is 46.3 Å². The molecule has 1 unspecified atom stereocenters. The monoisotopic (exact) mass is 576 g/mol. The highest BCUT2D eigenvalue weighted by Gasteiger charge is 2.26. The summed E-state index contributed by atoms with van der Waals surface area (Å²) >= 11 is 9.80. The lowest BCUT2D eigenvalue weighted by atomic mass is 9.74. The second-order valence-electron chi connectivity index (χ2n) is 10.5. The van der Waals surface area contributed by atoms with Gasteiger partial charge in [0.25, 0.3) is 0 Å². The van der Waals surface area contributed by atoms with E-state index in [-0.39, 0.29) is 0 Å². The van der Waals surface area contributed by atoms with Gasteiger partial charge in [0.05, 0.1) is 0 Å². The Bertz CT molecular complexity index is 909. The second kappa shape index (κ2) is 16.5. The summed E-state index contributed by atoms with van der Waals surface area (Å²) in [4.78, 5) is 13.1. The van der Waals surface area contributed by atoms with E-state index in [0.29, 0.717) is 23.5 Å². The normalized spacial score (nSPS) is 20.5. The van der Waals surface area contributed by atoms with E-state index in [2.05, 4.69) is 72.1 Å². The summed E-state index contributed by atoms with van der Waals surface area (Å²) in [5.74, 6) is 2.25. The van der Waals surface area contributed by atoms with Gasteiger partial charge in [0, 0.05) is 22.1 Å². The van der Waals surface area contributed by atoms with Crippen LogP contribution in [0.25, 0.3) is 6.08 Å². The molecule has 200 valence electrons. The minimum atomic E-state index is 0.347. The van der Waals surface area contributed by atoms with E-state index < -0.39 is 0 Å². The van der Waals surface area contributed by atoms with Crippen LogP contribution < -0.4 is 5.73 Å². The van der Waals surface area contributed by atoms with Gasteiger partial charge < -0.3 is 15.4 Å². The van der Waals surface area contributed by atoms with Gasteiger partial charge >= 0.3 is 0 Å². The maximum atomic E-state index is 10.8. The molecule has 3 nitrogen and oxygen atoms in total. The third-order valence-electron chi connectivity index (χ3n) is 7.41. The first-order chi connectivity index (χ1) is 17.3. The molecule has 2 aliphatic rings. The van der Waals surface area contributed by atoms with E-state index in [1.807, 2.05) is 6.07 Å². The van der Waals surface area contributed by atoms with Gasteiger partial charge in [-0.15, -0.1) is 0 Å². The van der Waals surface area contributed by atoms with Crippen LogP contribution in [0, 0.1) is 11.8 Å². The first-order valence-electron chi connectivity index (χ1n) is 13.7. The Balaban J connectivity index is 0.000000346. The van der Waals surface area contributed by atoms with Crippen LogP contribution in [-0.4, -0.2) is 30.8 Å². The van der Waals surface area contributed by atoms with Crippen molar-refractivity contribution in [1.29, 1.82) is 0 Å². The van der Waals surface area contributed by atoms with E-state index in [4.69, 9.17) is 17.3 Å². The van der Waals surface area contributed by atoms with Crippen molar-refractivity contribution in [1.82, 2.24) is 4.90 Å². The largest absolute Gasteiger partial charge is 0.404 e. The molecule has 1 saturated heterocycles. The number of Topliss-reactive ketones (excluding diaryl/α,β-unsaturated/α-hetero) is 1. The molecule has 0 bridgehead atoms. The molecule has 1 aliphatic carbocycles. The van der Waals surface area contributed by atoms with E-state index >= 15 is 0 Å². The number of fused-ring (bicyclic) bond motifs is 1. The molecular weight excluding hydrogens is 532 g/mol. The molecule has 2 N–H and O–H groups in total. The van der Waals surface area contributed by atoms with Crippen molar-refractivity contribution >= 4 is 39.4 Å². The number of benzene rings is 1. The number of rotatable bonds is 8. The lowest BCUT2D eigenvalue weighted by Crippen LogP contribution is -2.30. The fourth-order valence-electron chi connectivity index (χ4n) is 5.58. The summed E-state index contributed by atoms with van der Waals surface area (Å²) in [6, 6.07) is 6.39. The van der Waals surface area contributed by atoms with Gasteiger partial charge in [-0.3, -0.25) is 0 Å². The number of likely N-dealkylation sites (tertiary alicyclic amines) is 1. The Labute approximate surface area is 233 Å². The fraction of sp³-hybridized carbons (Fsp3) is 0.581. The Morgan fingerprint density at radius 2 is 1.89 bits per heavy atom. The second-order valence-corrected chi connectivity index (χ2v) is 11.9. The minimum Gasteiger partial charge on any atom is -0.404 e. The lowest BCUT2D eigenvalue weighted by Gasteiger charge is -2.31. The summed E-state index contributed by atoms with van der Waals surface area (Å²) in [7, 11) is 2.14. The van der Waals surface area contributed by atoms with Crippen LogP contribution >= 0.6 is 27.5 Å². The molecule has 0 spiro atoms. The molecule has 0 saturated carbocycles. The highest BCUT2D eigenvalue weighted by atomic mass is 79.9. The first-order valence-corrected chi connectivity index (χ1v) is 14.8. The van der Waals surface area contributed by atoms with Crippen molar-refractivity contribution in [3.8, 4) is 0 Å². The van der Waals surface area contributed by atoms with Gasteiger partial charge in [0.15, 0.2) is 0 Å². The van der Waals surface area contributed by atoms with Crippen molar-refractivity contribution in [2.24, 2.45) is 17.6 Å². The van der Waals surface area contributed by atoms with Crippen LogP contribution in [0.3, 0.4) is 0 Å². The van der Waals surface area contributed by atoms with Gasteiger partial charge in [-0.05, 0) is 116 Å². The molecule has 0 aromatic heterocycles. The van der Waals surface area contributed by atoms with Crippen molar-refractivity contribution < 1.29 is 4.79 Å². The number of ketones is 1. The summed E-state index contributed by atoms with van der Waals surface area (Å²) in [6.45, 7) is 8.60. The summed E-state index contributed by atoms with van der Waals surface area (Å²) in [5.41, 5.74) is 9.80. The first kappa shape index (κ1) is 30.9. The molecule has 1 aliphatic heterocycles. The number of allylic oxidation sites excluding steroid dienone is 4. The number of hydrogen-bond acceptors (Lipinski definition) is 3. The molecule has 36 heavy (non-hydrogen) atoms. The number of halogens is 2. The highest BCUT2D eigenvalue weighted by Crippen LogP contribution is 2.41. The number of nitrogens with two attached hydrogens (primary N) is 1. The Kier molecular flexibility index (Phi) is 14.1. The standard InChI is InChI=1S/C22H29BrClN.C9H17NO/c1-3-6-17(7-4-2)22-13-16(12-19(23)15-25)8-5-9-18-14-20(24)10-11-21(18)22;1-8(11)7-9-3-5-10(2)6-4-9/h5,9-12,14-15,17,22H,3-4,6-8,13,25H2,1-2H3;9H,3-7H2,1-2H3/b9-5?,16-12-,19-15+;. The molecule has 1 aromatic rings. The van der Waals surface area contributed by atoms with Crippen LogP contribution in [0.2, 0.25) is 5.02 Å². The quantitative estimate of drug-likeness (QED) is 0.336. The van der Waals surface area contributed by atoms with Gasteiger partial charge in [0.1, 0.15) is 5.78 Å². The lowest BCUT2D eigenvalue weighted by molar-refractivity contribution is -0.118. The van der Waals surface area contributed by atoms with Crippen molar-refractivity contribution in [2.45, 2.75) is 84.5 Å². The Hall–Kier alpha value is -1.36. The van der Waals surface area contributed by atoms with Crippen molar-refractivity contribution in [2.75, 3.05) is 20.1 Å². The smallest absolute Gasteiger partial charge is 0.130 e. The number of carbonyl (C=O) groups excluding carboxylic acids is 1. The van der Waals surface area contributed by atoms with Crippen molar-refractivity contribution in [3.05, 3.63) is 62.8 Å². The molecule has 1 heterocycles. The number of piperidine rings is 1. The Morgan fingerprint density at radius 1 is 1.22 bits per heavy atom. The highest BCUT2D eigenvalue weighted by molar-refractivity contribution is 9.11. The molecule has 5 heteroatoms. The predicted molar refractivity (Wildman–Crippen MR) is 161 cm³/mol. The van der Waals surface area contributed by atoms with E-state index in [1.165, 1.54) is 55.2 Å². The number of hydrogen-bond donors (Lipinski definition) is 1.